The van der Waals surface area contributed by atoms with Crippen molar-refractivity contribution in [1.29, 1.82) is 0 Å². The van der Waals surface area contributed by atoms with E-state index in [2.05, 4.69) is 11.9 Å². The van der Waals surface area contributed by atoms with E-state index < -0.39 is 4.92 Å². The molecule has 0 aliphatic rings. The first kappa shape index (κ1) is 11.9. The highest BCUT2D eigenvalue weighted by Crippen LogP contribution is 2.21. The van der Waals surface area contributed by atoms with Gasteiger partial charge in [0, 0.05) is 22.9 Å². The lowest BCUT2D eigenvalue weighted by Gasteiger charge is -2.05. The summed E-state index contributed by atoms with van der Waals surface area (Å²) in [5, 5.41) is 13.2. The van der Waals surface area contributed by atoms with Crippen LogP contribution in [0.15, 0.2) is 30.4 Å². The van der Waals surface area contributed by atoms with Gasteiger partial charge in [0.2, 0.25) is 0 Å². The molecule has 5 heteroatoms. The fourth-order valence-electron chi connectivity index (χ4n) is 1.18. The van der Waals surface area contributed by atoms with E-state index >= 15 is 0 Å². The van der Waals surface area contributed by atoms with Crippen molar-refractivity contribution in [2.75, 3.05) is 5.32 Å². The fraction of sp³-hybridized carbons (Fsp3) is 0.182. The number of amides is 1. The minimum absolute atomic E-state index is 0.0355. The Balaban J connectivity index is 2.94. The molecule has 0 bridgehead atoms. The molecule has 1 aromatic carbocycles. The Kier molecular flexibility index (Phi) is 3.40. The van der Waals surface area contributed by atoms with Gasteiger partial charge in [0.1, 0.15) is 0 Å². The number of nitrogens with zero attached hydrogens (tertiary/aromatic N) is 1. The second-order valence-electron chi connectivity index (χ2n) is 3.49. The molecule has 16 heavy (non-hydrogen) atoms. The van der Waals surface area contributed by atoms with Crippen molar-refractivity contribution in [3.63, 3.8) is 0 Å². The molecule has 0 heterocycles. The molecule has 84 valence electrons. The highest BCUT2D eigenvalue weighted by Gasteiger charge is 2.11. The zero-order valence-electron chi connectivity index (χ0n) is 9.11. The van der Waals surface area contributed by atoms with Crippen molar-refractivity contribution >= 4 is 17.3 Å². The fourth-order valence-corrected chi connectivity index (χ4v) is 1.18. The summed E-state index contributed by atoms with van der Waals surface area (Å²) < 4.78 is 0. The number of anilines is 1. The Morgan fingerprint density at radius 1 is 1.50 bits per heavy atom. The van der Waals surface area contributed by atoms with E-state index in [9.17, 15) is 14.9 Å². The molecule has 0 saturated carbocycles. The summed E-state index contributed by atoms with van der Waals surface area (Å²) in [6.45, 7) is 6.71. The van der Waals surface area contributed by atoms with E-state index in [0.29, 0.717) is 16.8 Å². The summed E-state index contributed by atoms with van der Waals surface area (Å²) in [5.74, 6) is -0.298. The van der Waals surface area contributed by atoms with Crippen LogP contribution in [0.1, 0.15) is 12.5 Å². The van der Waals surface area contributed by atoms with Crippen molar-refractivity contribution in [3.05, 3.63) is 46.0 Å². The molecule has 0 atom stereocenters. The molecule has 1 aromatic rings. The summed E-state index contributed by atoms with van der Waals surface area (Å²) in [6.07, 6.45) is 0. The first-order valence-electron chi connectivity index (χ1n) is 4.63. The molecular formula is C11H12N2O3. The maximum atomic E-state index is 11.3. The maximum Gasteiger partial charge on any atom is 0.272 e. The lowest BCUT2D eigenvalue weighted by Crippen LogP contribution is -2.11. The largest absolute Gasteiger partial charge is 0.322 e. The minimum atomic E-state index is -0.459. The van der Waals surface area contributed by atoms with Crippen LogP contribution in [0.3, 0.4) is 0 Å². The summed E-state index contributed by atoms with van der Waals surface area (Å²) in [5.41, 5.74) is 1.45. The highest BCUT2D eigenvalue weighted by molar-refractivity contribution is 6.02. The Morgan fingerprint density at radius 2 is 2.12 bits per heavy atom. The zero-order chi connectivity index (χ0) is 12.3. The first-order chi connectivity index (χ1) is 7.41. The van der Waals surface area contributed by atoms with Crippen molar-refractivity contribution in [2.45, 2.75) is 13.8 Å². The minimum Gasteiger partial charge on any atom is -0.322 e. The van der Waals surface area contributed by atoms with E-state index in [0.717, 1.165) is 0 Å². The van der Waals surface area contributed by atoms with Crippen molar-refractivity contribution in [3.8, 4) is 0 Å². The Morgan fingerprint density at radius 3 is 2.56 bits per heavy atom. The van der Waals surface area contributed by atoms with Crippen LogP contribution in [0, 0.1) is 17.0 Å². The quantitative estimate of drug-likeness (QED) is 0.483. The molecule has 0 radical (unpaired) electrons. The van der Waals surface area contributed by atoms with Crippen LogP contribution in [0.4, 0.5) is 11.4 Å². The maximum absolute atomic E-state index is 11.3. The molecule has 1 rings (SSSR count). The van der Waals surface area contributed by atoms with Crippen LogP contribution in [0.5, 0.6) is 0 Å². The third-order valence-corrected chi connectivity index (χ3v) is 2.04. The lowest BCUT2D eigenvalue weighted by molar-refractivity contribution is -0.385. The van der Waals surface area contributed by atoms with Gasteiger partial charge < -0.3 is 5.32 Å². The molecular weight excluding hydrogens is 208 g/mol. The lowest BCUT2D eigenvalue weighted by atomic mass is 10.2. The number of benzene rings is 1. The number of hydrogen-bond donors (Lipinski definition) is 1. The number of nitrogens with one attached hydrogen (secondary N) is 1. The summed E-state index contributed by atoms with van der Waals surface area (Å²) in [4.78, 5) is 21.4. The monoisotopic (exact) mass is 220 g/mol. The number of hydrogen-bond acceptors (Lipinski definition) is 3. The predicted molar refractivity (Wildman–Crippen MR) is 61.3 cm³/mol. The average Bonchev–Trinajstić information content (AvgIpc) is 2.16. The molecule has 0 aliphatic heterocycles. The SMILES string of the molecule is C=C(C)C(=O)Nc1ccc([N+](=O)[O-])c(C)c1. The average molecular weight is 220 g/mol. The van der Waals surface area contributed by atoms with Crippen LogP contribution in [0.25, 0.3) is 0 Å². The van der Waals surface area contributed by atoms with E-state index in [1.807, 2.05) is 0 Å². The van der Waals surface area contributed by atoms with Gasteiger partial charge in [-0.15, -0.1) is 0 Å². The normalized spacial score (nSPS) is 9.62. The van der Waals surface area contributed by atoms with Gasteiger partial charge in [0.25, 0.3) is 11.6 Å². The van der Waals surface area contributed by atoms with Crippen LogP contribution in [0.2, 0.25) is 0 Å². The second kappa shape index (κ2) is 4.57. The zero-order valence-corrected chi connectivity index (χ0v) is 9.11. The van der Waals surface area contributed by atoms with Crippen LogP contribution in [-0.2, 0) is 4.79 Å². The van der Waals surface area contributed by atoms with Gasteiger partial charge in [0.15, 0.2) is 0 Å². The second-order valence-corrected chi connectivity index (χ2v) is 3.49. The number of nitro groups is 1. The number of carbonyl (C=O) groups excluding carboxylic acids is 1. The molecule has 0 fully saturated rings. The van der Waals surface area contributed by atoms with E-state index in [1.165, 1.54) is 12.1 Å². The van der Waals surface area contributed by atoms with Gasteiger partial charge in [-0.1, -0.05) is 6.58 Å². The first-order valence-corrected chi connectivity index (χ1v) is 4.63. The Labute approximate surface area is 92.9 Å². The van der Waals surface area contributed by atoms with E-state index in [4.69, 9.17) is 0 Å². The predicted octanol–water partition coefficient (Wildman–Crippen LogP) is 2.42. The molecule has 0 saturated heterocycles. The van der Waals surface area contributed by atoms with E-state index in [-0.39, 0.29) is 11.6 Å². The van der Waals surface area contributed by atoms with Gasteiger partial charge in [-0.05, 0) is 26.0 Å². The van der Waals surface area contributed by atoms with Crippen molar-refractivity contribution in [2.24, 2.45) is 0 Å². The number of rotatable bonds is 3. The number of aryl methyl sites for hydroxylation is 1. The van der Waals surface area contributed by atoms with Crippen LogP contribution in [-0.4, -0.2) is 10.8 Å². The number of nitro benzene ring substituents is 1. The third kappa shape index (κ3) is 2.66. The van der Waals surface area contributed by atoms with Crippen molar-refractivity contribution < 1.29 is 9.72 Å². The smallest absolute Gasteiger partial charge is 0.272 e. The highest BCUT2D eigenvalue weighted by atomic mass is 16.6. The molecule has 0 aliphatic carbocycles. The summed E-state index contributed by atoms with van der Waals surface area (Å²) in [6, 6.07) is 4.41. The van der Waals surface area contributed by atoms with Gasteiger partial charge in [-0.25, -0.2) is 0 Å². The Bertz CT molecular complexity index is 466. The van der Waals surface area contributed by atoms with Crippen molar-refractivity contribution in [1.82, 2.24) is 0 Å². The third-order valence-electron chi connectivity index (χ3n) is 2.04. The molecule has 1 amide bonds. The molecule has 0 aromatic heterocycles. The van der Waals surface area contributed by atoms with Crippen LogP contribution < -0.4 is 5.32 Å². The molecule has 0 unspecified atom stereocenters. The Hall–Kier alpha value is -2.17. The van der Waals surface area contributed by atoms with Gasteiger partial charge >= 0.3 is 0 Å². The molecule has 1 N–H and O–H groups in total. The summed E-state index contributed by atoms with van der Waals surface area (Å²) >= 11 is 0. The van der Waals surface area contributed by atoms with Crippen LogP contribution >= 0.6 is 0 Å². The van der Waals surface area contributed by atoms with E-state index in [1.54, 1.807) is 19.9 Å². The molecule has 0 spiro atoms. The summed E-state index contributed by atoms with van der Waals surface area (Å²) in [7, 11) is 0. The molecule has 5 nitrogen and oxygen atoms in total. The topological polar surface area (TPSA) is 72.2 Å². The van der Waals surface area contributed by atoms with Gasteiger partial charge in [0.05, 0.1) is 4.92 Å². The standard InChI is InChI=1S/C11H12N2O3/c1-7(2)11(14)12-9-4-5-10(13(15)16)8(3)6-9/h4-6H,1H2,2-3H3,(H,12,14). The van der Waals surface area contributed by atoms with Gasteiger partial charge in [-0.3, -0.25) is 14.9 Å². The number of carbonyl (C=O) groups is 1. The van der Waals surface area contributed by atoms with Gasteiger partial charge in [-0.2, -0.15) is 0 Å².